The van der Waals surface area contributed by atoms with E-state index in [1.54, 1.807) is 16.2 Å². The first-order valence-electron chi connectivity index (χ1n) is 7.12. The Morgan fingerprint density at radius 2 is 2.25 bits per heavy atom. The molecule has 4 nitrogen and oxygen atoms in total. The molecule has 1 atom stereocenters. The van der Waals surface area contributed by atoms with Gasteiger partial charge in [-0.05, 0) is 44.7 Å². The number of rotatable bonds is 5. The third kappa shape index (κ3) is 4.07. The molecule has 0 spiro atoms. The number of carboxylic acid groups (broad SMARTS) is 1. The number of piperidine rings is 1. The fourth-order valence-electron chi connectivity index (χ4n) is 2.60. The van der Waals surface area contributed by atoms with Gasteiger partial charge in [0.05, 0.1) is 5.92 Å². The first kappa shape index (κ1) is 15.0. The highest BCUT2D eigenvalue weighted by molar-refractivity contribution is 7.11. The number of nitrogens with zero attached hydrogens (tertiary/aromatic N) is 1. The lowest BCUT2D eigenvalue weighted by Crippen LogP contribution is -2.42. The van der Waals surface area contributed by atoms with Crippen LogP contribution in [0.5, 0.6) is 0 Å². The number of hydrogen-bond donors (Lipinski definition) is 1. The molecule has 0 unspecified atom stereocenters. The van der Waals surface area contributed by atoms with Crippen LogP contribution in [-0.2, 0) is 16.0 Å². The van der Waals surface area contributed by atoms with Crippen molar-refractivity contribution in [1.82, 2.24) is 4.90 Å². The predicted octanol–water partition coefficient (Wildman–Crippen LogP) is 2.70. The lowest BCUT2D eigenvalue weighted by Gasteiger charge is -2.30. The Kier molecular flexibility index (Phi) is 5.17. The van der Waals surface area contributed by atoms with Gasteiger partial charge in [0.2, 0.25) is 5.91 Å². The van der Waals surface area contributed by atoms with Crippen molar-refractivity contribution in [3.63, 3.8) is 0 Å². The summed E-state index contributed by atoms with van der Waals surface area (Å²) < 4.78 is 0. The summed E-state index contributed by atoms with van der Waals surface area (Å²) in [5.41, 5.74) is 0. The van der Waals surface area contributed by atoms with Crippen LogP contribution >= 0.6 is 11.3 Å². The Hall–Kier alpha value is -1.36. The molecule has 1 fully saturated rings. The molecule has 0 saturated carbocycles. The van der Waals surface area contributed by atoms with Gasteiger partial charge in [0, 0.05) is 29.3 Å². The van der Waals surface area contributed by atoms with Gasteiger partial charge in [0.15, 0.2) is 0 Å². The molecule has 5 heteroatoms. The molecular formula is C15H21NO3S. The largest absolute Gasteiger partial charge is 0.481 e. The van der Waals surface area contributed by atoms with Crippen LogP contribution in [0.25, 0.3) is 0 Å². The number of carbonyl (C=O) groups excluding carboxylic acids is 1. The average Bonchev–Trinajstić information content (AvgIpc) is 2.84. The summed E-state index contributed by atoms with van der Waals surface area (Å²) in [5.74, 6) is -1.06. The number of amides is 1. The molecule has 20 heavy (non-hydrogen) atoms. The first-order valence-corrected chi connectivity index (χ1v) is 7.94. The summed E-state index contributed by atoms with van der Waals surface area (Å²) in [6.07, 6.45) is 3.77. The fourth-order valence-corrected chi connectivity index (χ4v) is 3.53. The van der Waals surface area contributed by atoms with E-state index in [2.05, 4.69) is 19.1 Å². The molecule has 1 aromatic heterocycles. The quantitative estimate of drug-likeness (QED) is 0.908. The fraction of sp³-hybridized carbons (Fsp3) is 0.600. The Balaban J connectivity index is 1.75. The summed E-state index contributed by atoms with van der Waals surface area (Å²) in [5, 5.41) is 9.03. The van der Waals surface area contributed by atoms with Gasteiger partial charge < -0.3 is 10.0 Å². The molecule has 1 amide bonds. The second-order valence-electron chi connectivity index (χ2n) is 5.38. The van der Waals surface area contributed by atoms with E-state index in [0.29, 0.717) is 25.9 Å². The molecule has 2 rings (SSSR count). The van der Waals surface area contributed by atoms with Crippen molar-refractivity contribution >= 4 is 23.2 Å². The average molecular weight is 295 g/mol. The number of carboxylic acids is 1. The van der Waals surface area contributed by atoms with Crippen LogP contribution in [0.1, 0.15) is 35.4 Å². The zero-order valence-electron chi connectivity index (χ0n) is 11.8. The number of likely N-dealkylation sites (tertiary alicyclic amines) is 1. The van der Waals surface area contributed by atoms with Crippen LogP contribution in [0.2, 0.25) is 0 Å². The minimum atomic E-state index is -0.781. The first-order chi connectivity index (χ1) is 9.56. The highest BCUT2D eigenvalue weighted by Gasteiger charge is 2.27. The summed E-state index contributed by atoms with van der Waals surface area (Å²) in [7, 11) is 0. The highest BCUT2D eigenvalue weighted by atomic mass is 32.1. The minimum Gasteiger partial charge on any atom is -0.481 e. The van der Waals surface area contributed by atoms with E-state index < -0.39 is 5.97 Å². The van der Waals surface area contributed by atoms with E-state index in [0.717, 1.165) is 19.3 Å². The number of thiophene rings is 1. The number of aryl methyl sites for hydroxylation is 2. The monoisotopic (exact) mass is 295 g/mol. The molecule has 0 aromatic carbocycles. The lowest BCUT2D eigenvalue weighted by atomic mass is 9.98. The zero-order chi connectivity index (χ0) is 14.5. The normalized spacial score (nSPS) is 19.1. The van der Waals surface area contributed by atoms with E-state index in [9.17, 15) is 9.59 Å². The molecule has 0 bridgehead atoms. The number of aliphatic carboxylic acids is 1. The van der Waals surface area contributed by atoms with Crippen LogP contribution in [0.4, 0.5) is 0 Å². The molecule has 110 valence electrons. The summed E-state index contributed by atoms with van der Waals surface area (Å²) in [6.45, 7) is 3.17. The third-order valence-corrected chi connectivity index (χ3v) is 4.79. The maximum Gasteiger partial charge on any atom is 0.308 e. The van der Waals surface area contributed by atoms with E-state index in [-0.39, 0.29) is 11.8 Å². The molecule has 1 saturated heterocycles. The lowest BCUT2D eigenvalue weighted by molar-refractivity contribution is -0.145. The number of hydrogen-bond acceptors (Lipinski definition) is 3. The molecule has 1 aromatic rings. The molecule has 2 heterocycles. The van der Waals surface area contributed by atoms with E-state index in [4.69, 9.17) is 5.11 Å². The molecule has 0 radical (unpaired) electrons. The smallest absolute Gasteiger partial charge is 0.308 e. The van der Waals surface area contributed by atoms with Gasteiger partial charge in [-0.2, -0.15) is 0 Å². The Bertz CT molecular complexity index is 483. The van der Waals surface area contributed by atoms with Crippen molar-refractivity contribution in [3.8, 4) is 0 Å². The van der Waals surface area contributed by atoms with Crippen LogP contribution < -0.4 is 0 Å². The number of carbonyl (C=O) groups is 2. The van der Waals surface area contributed by atoms with Gasteiger partial charge >= 0.3 is 5.97 Å². The minimum absolute atomic E-state index is 0.101. The molecular weight excluding hydrogens is 274 g/mol. The Morgan fingerprint density at radius 3 is 2.90 bits per heavy atom. The maximum absolute atomic E-state index is 12.1. The van der Waals surface area contributed by atoms with Crippen molar-refractivity contribution in [1.29, 1.82) is 0 Å². The van der Waals surface area contributed by atoms with Gasteiger partial charge in [0.25, 0.3) is 0 Å². The summed E-state index contributed by atoms with van der Waals surface area (Å²) in [6, 6.07) is 4.22. The van der Waals surface area contributed by atoms with E-state index >= 15 is 0 Å². The van der Waals surface area contributed by atoms with Gasteiger partial charge in [-0.25, -0.2) is 0 Å². The van der Waals surface area contributed by atoms with Crippen molar-refractivity contribution in [2.75, 3.05) is 13.1 Å². The van der Waals surface area contributed by atoms with E-state index in [1.165, 1.54) is 9.75 Å². The second-order valence-corrected chi connectivity index (χ2v) is 6.76. The summed E-state index contributed by atoms with van der Waals surface area (Å²) in [4.78, 5) is 27.4. The SMILES string of the molecule is Cc1ccc(CCCC(=O)N2CCC[C@@H](C(=O)O)C2)s1. The highest BCUT2D eigenvalue weighted by Crippen LogP contribution is 2.20. The third-order valence-electron chi connectivity index (χ3n) is 3.73. The standard InChI is InChI=1S/C15H21NO3S/c1-11-7-8-13(20-11)5-2-6-14(17)16-9-3-4-12(10-16)15(18)19/h7-8,12H,2-6,9-10H2,1H3,(H,18,19)/t12-/m1/s1. The van der Waals surface area contributed by atoms with Gasteiger partial charge in [-0.3, -0.25) is 9.59 Å². The predicted molar refractivity (Wildman–Crippen MR) is 78.9 cm³/mol. The van der Waals surface area contributed by atoms with Crippen molar-refractivity contribution in [3.05, 3.63) is 21.9 Å². The molecule has 1 aliphatic rings. The maximum atomic E-state index is 12.1. The zero-order valence-corrected chi connectivity index (χ0v) is 12.6. The molecule has 1 N–H and O–H groups in total. The van der Waals surface area contributed by atoms with Gasteiger partial charge in [0.1, 0.15) is 0 Å². The van der Waals surface area contributed by atoms with Crippen LogP contribution in [0, 0.1) is 12.8 Å². The van der Waals surface area contributed by atoms with E-state index in [1.807, 2.05) is 0 Å². The van der Waals surface area contributed by atoms with Crippen molar-refractivity contribution < 1.29 is 14.7 Å². The van der Waals surface area contributed by atoms with Gasteiger partial charge in [-0.15, -0.1) is 11.3 Å². The van der Waals surface area contributed by atoms with Crippen molar-refractivity contribution in [2.45, 2.75) is 39.0 Å². The molecule has 1 aliphatic heterocycles. The van der Waals surface area contributed by atoms with Crippen molar-refractivity contribution in [2.24, 2.45) is 5.92 Å². The molecule has 0 aliphatic carbocycles. The van der Waals surface area contributed by atoms with Crippen LogP contribution in [0.15, 0.2) is 12.1 Å². The van der Waals surface area contributed by atoms with Crippen LogP contribution in [-0.4, -0.2) is 35.0 Å². The van der Waals surface area contributed by atoms with Crippen LogP contribution in [0.3, 0.4) is 0 Å². The Morgan fingerprint density at radius 1 is 1.45 bits per heavy atom. The summed E-state index contributed by atoms with van der Waals surface area (Å²) >= 11 is 1.78. The topological polar surface area (TPSA) is 57.6 Å². The second kappa shape index (κ2) is 6.88. The van der Waals surface area contributed by atoms with Gasteiger partial charge in [-0.1, -0.05) is 0 Å². The Labute approximate surface area is 123 Å².